The normalized spacial score (nSPS) is 48.0. The molecule has 1 heterocycles. The van der Waals surface area contributed by atoms with Crippen molar-refractivity contribution in [1.82, 2.24) is 0 Å². The zero-order valence-electron chi connectivity index (χ0n) is 20.6. The van der Waals surface area contributed by atoms with Crippen LogP contribution in [0.5, 0.6) is 0 Å². The molecule has 5 aliphatic rings. The third kappa shape index (κ3) is 2.72. The first-order valence-corrected chi connectivity index (χ1v) is 12.6. The van der Waals surface area contributed by atoms with Crippen molar-refractivity contribution in [2.24, 2.45) is 28.6 Å². The first-order chi connectivity index (χ1) is 15.4. The predicted octanol–water partition coefficient (Wildman–Crippen LogP) is 4.43. The molecule has 0 amide bonds. The molecule has 33 heavy (non-hydrogen) atoms. The maximum absolute atomic E-state index is 13.1. The largest absolute Gasteiger partial charge is 0.458 e. The fraction of sp³-hybridized carbons (Fsp3) is 0.714. The van der Waals surface area contributed by atoms with E-state index in [2.05, 4.69) is 13.0 Å². The molecule has 4 aliphatic carbocycles. The summed E-state index contributed by atoms with van der Waals surface area (Å²) in [6.07, 6.45) is 10.1. The summed E-state index contributed by atoms with van der Waals surface area (Å²) < 4.78 is 5.77. The number of rotatable bonds is 2. The van der Waals surface area contributed by atoms with E-state index in [1.54, 1.807) is 13.0 Å². The topological polar surface area (TPSA) is 83.8 Å². The van der Waals surface area contributed by atoms with Gasteiger partial charge in [0.15, 0.2) is 5.78 Å². The minimum atomic E-state index is -1.15. The Morgan fingerprint density at radius 1 is 1.09 bits per heavy atom. The van der Waals surface area contributed by atoms with Crippen LogP contribution in [-0.2, 0) is 14.3 Å². The summed E-state index contributed by atoms with van der Waals surface area (Å²) in [5, 5.41) is 24.6. The van der Waals surface area contributed by atoms with Crippen molar-refractivity contribution >= 4 is 11.8 Å². The van der Waals surface area contributed by atoms with Gasteiger partial charge < -0.3 is 14.9 Å². The number of carbonyl (C=O) groups excluding carboxylic acids is 2. The highest BCUT2D eigenvalue weighted by atomic mass is 16.5. The lowest BCUT2D eigenvalue weighted by molar-refractivity contribution is -0.233. The van der Waals surface area contributed by atoms with E-state index in [0.29, 0.717) is 31.3 Å². The molecule has 5 heteroatoms. The molecule has 8 unspecified atom stereocenters. The van der Waals surface area contributed by atoms with Gasteiger partial charge in [-0.1, -0.05) is 37.1 Å². The third-order valence-corrected chi connectivity index (χ3v) is 11.0. The molecule has 5 rings (SSSR count). The van der Waals surface area contributed by atoms with Crippen molar-refractivity contribution in [2.75, 3.05) is 0 Å². The van der Waals surface area contributed by atoms with Crippen LogP contribution in [0.1, 0.15) is 79.6 Å². The van der Waals surface area contributed by atoms with Gasteiger partial charge in [0.05, 0.1) is 16.6 Å². The van der Waals surface area contributed by atoms with Crippen LogP contribution in [0.2, 0.25) is 0 Å². The number of ketones is 1. The van der Waals surface area contributed by atoms with Crippen molar-refractivity contribution in [3.8, 4) is 0 Å². The van der Waals surface area contributed by atoms with E-state index >= 15 is 0 Å². The molecule has 0 aromatic heterocycles. The number of carbonyl (C=O) groups is 2. The molecule has 5 nitrogen and oxygen atoms in total. The van der Waals surface area contributed by atoms with Gasteiger partial charge in [0.2, 0.25) is 0 Å². The smallest absolute Gasteiger partial charge is 0.333 e. The van der Waals surface area contributed by atoms with Crippen LogP contribution in [0, 0.1) is 28.6 Å². The maximum Gasteiger partial charge on any atom is 0.333 e. The predicted molar refractivity (Wildman–Crippen MR) is 125 cm³/mol. The molecule has 8 atom stereocenters. The molecule has 2 N–H and O–H groups in total. The van der Waals surface area contributed by atoms with Gasteiger partial charge >= 0.3 is 5.97 Å². The van der Waals surface area contributed by atoms with Gasteiger partial charge in [-0.3, -0.25) is 4.79 Å². The maximum atomic E-state index is 13.1. The van der Waals surface area contributed by atoms with Gasteiger partial charge in [0.25, 0.3) is 0 Å². The quantitative estimate of drug-likeness (QED) is 0.476. The van der Waals surface area contributed by atoms with E-state index in [-0.39, 0.29) is 29.5 Å². The molecule has 0 saturated heterocycles. The fourth-order valence-electron chi connectivity index (χ4n) is 8.40. The second-order valence-corrected chi connectivity index (χ2v) is 11.9. The van der Waals surface area contributed by atoms with Crippen LogP contribution in [0.25, 0.3) is 0 Å². The Morgan fingerprint density at radius 2 is 1.82 bits per heavy atom. The highest BCUT2D eigenvalue weighted by molar-refractivity contribution is 5.98. The van der Waals surface area contributed by atoms with Gasteiger partial charge in [-0.05, 0) is 77.2 Å². The number of fused-ring (bicyclic) bond motifs is 5. The summed E-state index contributed by atoms with van der Waals surface area (Å²) in [6, 6.07) is 0. The van der Waals surface area contributed by atoms with Crippen LogP contribution in [-0.4, -0.2) is 39.3 Å². The average molecular weight is 455 g/mol. The molecule has 0 radical (unpaired) electrons. The summed E-state index contributed by atoms with van der Waals surface area (Å²) in [4.78, 5) is 25.5. The molecule has 2 saturated carbocycles. The van der Waals surface area contributed by atoms with Crippen LogP contribution < -0.4 is 0 Å². The van der Waals surface area contributed by atoms with Gasteiger partial charge in [0, 0.05) is 23.3 Å². The number of allylic oxidation sites excluding steroid dienone is 4. The summed E-state index contributed by atoms with van der Waals surface area (Å²) in [5.74, 6) is -0.451. The molecular formula is C28H38O5. The van der Waals surface area contributed by atoms with Crippen LogP contribution >= 0.6 is 0 Å². The van der Waals surface area contributed by atoms with Crippen LogP contribution in [0.4, 0.5) is 0 Å². The Morgan fingerprint density at radius 3 is 2.52 bits per heavy atom. The minimum absolute atomic E-state index is 0.0699. The monoisotopic (exact) mass is 454 g/mol. The summed E-state index contributed by atoms with van der Waals surface area (Å²) >= 11 is 0. The summed E-state index contributed by atoms with van der Waals surface area (Å²) in [6.45, 7) is 9.83. The molecule has 0 bridgehead atoms. The van der Waals surface area contributed by atoms with Crippen LogP contribution in [0.3, 0.4) is 0 Å². The van der Waals surface area contributed by atoms with Crippen molar-refractivity contribution in [1.29, 1.82) is 0 Å². The molecule has 0 aromatic rings. The van der Waals surface area contributed by atoms with Crippen molar-refractivity contribution in [3.63, 3.8) is 0 Å². The first-order valence-electron chi connectivity index (χ1n) is 12.6. The van der Waals surface area contributed by atoms with E-state index in [1.807, 2.05) is 26.8 Å². The van der Waals surface area contributed by atoms with Crippen LogP contribution in [0.15, 0.2) is 34.9 Å². The third-order valence-electron chi connectivity index (χ3n) is 11.0. The van der Waals surface area contributed by atoms with Gasteiger partial charge in [0.1, 0.15) is 6.10 Å². The second kappa shape index (κ2) is 7.14. The van der Waals surface area contributed by atoms with E-state index in [9.17, 15) is 19.8 Å². The van der Waals surface area contributed by atoms with Crippen molar-refractivity contribution in [3.05, 3.63) is 34.9 Å². The zero-order valence-corrected chi connectivity index (χ0v) is 20.6. The first kappa shape index (κ1) is 23.0. The average Bonchev–Trinajstić information content (AvgIpc) is 3.00. The van der Waals surface area contributed by atoms with E-state index in [1.165, 1.54) is 5.57 Å². The fourth-order valence-corrected chi connectivity index (χ4v) is 8.40. The number of ether oxygens (including phenoxy) is 1. The molecule has 1 aliphatic heterocycles. The SMILES string of the molecule is CC1=C(C)C(=O)OC(C(C)C2(O)CCC3(O)C4CC=C5CC=CC(=O)C5(C)C4CCC23C)C1. The number of aliphatic hydroxyl groups is 2. The van der Waals surface area contributed by atoms with Crippen molar-refractivity contribution < 1.29 is 24.5 Å². The number of cyclic esters (lactones) is 1. The van der Waals surface area contributed by atoms with E-state index in [4.69, 9.17) is 4.74 Å². The Hall–Kier alpha value is -1.72. The molecule has 0 spiro atoms. The molecule has 0 aromatic carbocycles. The Labute approximate surface area is 197 Å². The summed E-state index contributed by atoms with van der Waals surface area (Å²) in [7, 11) is 0. The molecular weight excluding hydrogens is 416 g/mol. The summed E-state index contributed by atoms with van der Waals surface area (Å²) in [5.41, 5.74) is -0.641. The minimum Gasteiger partial charge on any atom is -0.458 e. The Kier molecular flexibility index (Phi) is 4.99. The van der Waals surface area contributed by atoms with E-state index in [0.717, 1.165) is 24.8 Å². The van der Waals surface area contributed by atoms with Crippen molar-refractivity contribution in [2.45, 2.75) is 96.9 Å². The lowest BCUT2D eigenvalue weighted by atomic mass is 9.45. The van der Waals surface area contributed by atoms with Gasteiger partial charge in [-0.25, -0.2) is 4.79 Å². The Bertz CT molecular complexity index is 1010. The lowest BCUT2D eigenvalue weighted by Crippen LogP contribution is -2.66. The lowest BCUT2D eigenvalue weighted by Gasteiger charge is -2.62. The van der Waals surface area contributed by atoms with Gasteiger partial charge in [-0.15, -0.1) is 0 Å². The second-order valence-electron chi connectivity index (χ2n) is 11.9. The van der Waals surface area contributed by atoms with E-state index < -0.39 is 28.1 Å². The number of esters is 1. The standard InChI is InChI=1S/C28H38O5/c1-16-15-22(33-24(30)17(16)2)18(3)27(31)13-14-28(32)21-10-9-19-7-6-8-23(29)26(19,5)20(21)11-12-25(27,28)4/h6,8-9,18,20-22,31-32H,7,10-15H2,1-5H3. The highest BCUT2D eigenvalue weighted by Gasteiger charge is 2.73. The molecule has 180 valence electrons. The number of hydrogen-bond acceptors (Lipinski definition) is 5. The highest BCUT2D eigenvalue weighted by Crippen LogP contribution is 2.69. The number of hydrogen-bond donors (Lipinski definition) is 2. The van der Waals surface area contributed by atoms with Gasteiger partial charge in [-0.2, -0.15) is 0 Å². The Balaban J connectivity index is 1.50. The zero-order chi connectivity index (χ0) is 24.0. The molecule has 2 fully saturated rings.